The van der Waals surface area contributed by atoms with Crippen LogP contribution < -0.4 is 0 Å². The maximum absolute atomic E-state index is 7.92. The summed E-state index contributed by atoms with van der Waals surface area (Å²) < 4.78 is 0. The summed E-state index contributed by atoms with van der Waals surface area (Å²) in [7, 11) is 1.37. The number of hydrogen-bond donors (Lipinski definition) is 1. The van der Waals surface area contributed by atoms with Gasteiger partial charge >= 0.3 is 0 Å². The second-order valence-electron chi connectivity index (χ2n) is 1.90. The SMILES string of the molecule is CCC(C)=NO.CC[SiH3]. The van der Waals surface area contributed by atoms with Crippen LogP contribution in [0.5, 0.6) is 0 Å². The average Bonchev–Trinajstić information content (AvgIpc) is 1.88. The van der Waals surface area contributed by atoms with Crippen LogP contribution in [-0.2, 0) is 0 Å². The van der Waals surface area contributed by atoms with E-state index in [2.05, 4.69) is 12.1 Å². The monoisotopic (exact) mass is 147 g/mol. The highest BCUT2D eigenvalue weighted by atomic mass is 28.1. The van der Waals surface area contributed by atoms with Gasteiger partial charge in [-0.2, -0.15) is 0 Å². The number of oxime groups is 1. The summed E-state index contributed by atoms with van der Waals surface area (Å²) in [5.74, 6) is 0. The summed E-state index contributed by atoms with van der Waals surface area (Å²) in [6, 6.07) is 1.39. The lowest BCUT2D eigenvalue weighted by Crippen LogP contribution is -1.83. The fourth-order valence-electron chi connectivity index (χ4n) is 0.0707. The van der Waals surface area contributed by atoms with Gasteiger partial charge in [0.25, 0.3) is 0 Å². The molecule has 0 amide bonds. The summed E-state index contributed by atoms with van der Waals surface area (Å²) in [5.41, 5.74) is 0.773. The Labute approximate surface area is 60.4 Å². The number of hydrogen-bond acceptors (Lipinski definition) is 2. The fourth-order valence-corrected chi connectivity index (χ4v) is 0.0707. The molecule has 56 valence electrons. The van der Waals surface area contributed by atoms with Crippen molar-refractivity contribution in [3.63, 3.8) is 0 Å². The summed E-state index contributed by atoms with van der Waals surface area (Å²) in [6.07, 6.45) is 0.830. The molecule has 0 aliphatic rings. The van der Waals surface area contributed by atoms with Crippen LogP contribution in [-0.4, -0.2) is 21.2 Å². The van der Waals surface area contributed by atoms with Crippen molar-refractivity contribution in [2.75, 3.05) is 0 Å². The zero-order chi connectivity index (χ0) is 7.70. The summed E-state index contributed by atoms with van der Waals surface area (Å²) >= 11 is 0. The highest BCUT2D eigenvalue weighted by Gasteiger charge is 1.77. The molecule has 0 aromatic heterocycles. The summed E-state index contributed by atoms with van der Waals surface area (Å²) in [4.78, 5) is 0. The first-order chi connectivity index (χ1) is 4.22. The van der Waals surface area contributed by atoms with E-state index in [1.165, 1.54) is 16.3 Å². The molecule has 1 N–H and O–H groups in total. The van der Waals surface area contributed by atoms with Crippen molar-refractivity contribution in [1.82, 2.24) is 0 Å². The highest BCUT2D eigenvalue weighted by molar-refractivity contribution is 6.08. The lowest BCUT2D eigenvalue weighted by molar-refractivity contribution is 0.317. The van der Waals surface area contributed by atoms with E-state index in [9.17, 15) is 0 Å². The molecule has 0 saturated carbocycles. The van der Waals surface area contributed by atoms with Crippen LogP contribution in [0.25, 0.3) is 0 Å². The average molecular weight is 147 g/mol. The smallest absolute Gasteiger partial charge is 0.0537 e. The number of nitrogens with zero attached hydrogens (tertiary/aromatic N) is 1. The van der Waals surface area contributed by atoms with E-state index in [4.69, 9.17) is 5.21 Å². The zero-order valence-corrected chi connectivity index (χ0v) is 8.81. The minimum absolute atomic E-state index is 0.773. The molecular formula is C6H17NOSi. The first-order valence-corrected chi connectivity index (χ1v) is 4.81. The third kappa shape index (κ3) is 18.3. The largest absolute Gasteiger partial charge is 0.411 e. The third-order valence-corrected chi connectivity index (χ3v) is 0.682. The molecule has 0 saturated heterocycles. The van der Waals surface area contributed by atoms with Crippen LogP contribution in [0.15, 0.2) is 5.16 Å². The van der Waals surface area contributed by atoms with Gasteiger partial charge in [-0.3, -0.25) is 0 Å². The molecule has 0 radical (unpaired) electrons. The van der Waals surface area contributed by atoms with Crippen molar-refractivity contribution in [2.24, 2.45) is 5.16 Å². The summed E-state index contributed by atoms with van der Waals surface area (Å²) in [5, 5.41) is 10.8. The van der Waals surface area contributed by atoms with E-state index in [1.54, 1.807) is 6.92 Å². The van der Waals surface area contributed by atoms with Crippen LogP contribution in [0.1, 0.15) is 27.2 Å². The van der Waals surface area contributed by atoms with Gasteiger partial charge in [-0.05, 0) is 13.3 Å². The van der Waals surface area contributed by atoms with Gasteiger partial charge in [0, 0.05) is 10.2 Å². The lowest BCUT2D eigenvalue weighted by Gasteiger charge is -1.81. The van der Waals surface area contributed by atoms with Gasteiger partial charge in [0.1, 0.15) is 0 Å². The normalized spacial score (nSPS) is 10.3. The van der Waals surface area contributed by atoms with E-state index in [0.29, 0.717) is 0 Å². The molecule has 0 bridgehead atoms. The van der Waals surface area contributed by atoms with Gasteiger partial charge < -0.3 is 5.21 Å². The van der Waals surface area contributed by atoms with Gasteiger partial charge in [0.2, 0.25) is 0 Å². The Morgan fingerprint density at radius 1 is 1.56 bits per heavy atom. The fraction of sp³-hybridized carbons (Fsp3) is 0.833. The molecule has 0 heterocycles. The van der Waals surface area contributed by atoms with Gasteiger partial charge in [-0.25, -0.2) is 0 Å². The standard InChI is InChI=1S/C4H9NO.C2H8Si/c1-3-4(2)5-6;1-2-3/h6H,3H2,1-2H3;2H2,1,3H3. The Hall–Kier alpha value is -0.313. The quantitative estimate of drug-likeness (QED) is 0.255. The van der Waals surface area contributed by atoms with Crippen molar-refractivity contribution < 1.29 is 5.21 Å². The predicted molar refractivity (Wildman–Crippen MR) is 45.6 cm³/mol. The van der Waals surface area contributed by atoms with Crippen molar-refractivity contribution >= 4 is 16.0 Å². The van der Waals surface area contributed by atoms with Crippen LogP contribution in [0.2, 0.25) is 6.04 Å². The first kappa shape index (κ1) is 11.5. The second kappa shape index (κ2) is 10.6. The summed E-state index contributed by atoms with van der Waals surface area (Å²) in [6.45, 7) is 5.90. The van der Waals surface area contributed by atoms with Crippen molar-refractivity contribution in [3.8, 4) is 0 Å². The van der Waals surface area contributed by atoms with Gasteiger partial charge in [-0.15, -0.1) is 0 Å². The van der Waals surface area contributed by atoms with Gasteiger partial charge in [0.15, 0.2) is 0 Å². The molecule has 0 aliphatic heterocycles. The Kier molecular flexibility index (Phi) is 13.6. The Morgan fingerprint density at radius 3 is 1.89 bits per heavy atom. The number of rotatable bonds is 1. The minimum atomic E-state index is 0.773. The predicted octanol–water partition coefficient (Wildman–Crippen LogP) is 1.04. The molecule has 0 fully saturated rings. The molecule has 0 unspecified atom stereocenters. The van der Waals surface area contributed by atoms with Crippen LogP contribution in [0, 0.1) is 0 Å². The molecule has 0 spiro atoms. The Morgan fingerprint density at radius 2 is 1.89 bits per heavy atom. The maximum Gasteiger partial charge on any atom is 0.0537 e. The minimum Gasteiger partial charge on any atom is -0.411 e. The van der Waals surface area contributed by atoms with E-state index in [-0.39, 0.29) is 0 Å². The zero-order valence-electron chi connectivity index (χ0n) is 6.81. The van der Waals surface area contributed by atoms with E-state index < -0.39 is 0 Å². The van der Waals surface area contributed by atoms with E-state index >= 15 is 0 Å². The second-order valence-corrected chi connectivity index (χ2v) is 3.31. The molecule has 3 heteroatoms. The van der Waals surface area contributed by atoms with Gasteiger partial charge in [-0.1, -0.05) is 25.0 Å². The molecule has 0 aromatic carbocycles. The molecule has 0 aliphatic carbocycles. The molecule has 0 rings (SSSR count). The third-order valence-electron chi connectivity index (χ3n) is 0.682. The maximum atomic E-state index is 7.92. The van der Waals surface area contributed by atoms with Crippen LogP contribution in [0.4, 0.5) is 0 Å². The van der Waals surface area contributed by atoms with Crippen molar-refractivity contribution in [3.05, 3.63) is 0 Å². The van der Waals surface area contributed by atoms with E-state index in [0.717, 1.165) is 12.1 Å². The Bertz CT molecular complexity index is 73.5. The molecular weight excluding hydrogens is 130 g/mol. The molecule has 2 nitrogen and oxygen atoms in total. The molecule has 0 atom stereocenters. The van der Waals surface area contributed by atoms with Crippen molar-refractivity contribution in [1.29, 1.82) is 0 Å². The topological polar surface area (TPSA) is 32.6 Å². The van der Waals surface area contributed by atoms with Gasteiger partial charge in [0.05, 0.1) is 5.71 Å². The lowest BCUT2D eigenvalue weighted by atomic mass is 10.3. The van der Waals surface area contributed by atoms with Crippen LogP contribution >= 0.6 is 0 Å². The van der Waals surface area contributed by atoms with Crippen molar-refractivity contribution in [2.45, 2.75) is 33.2 Å². The highest BCUT2D eigenvalue weighted by Crippen LogP contribution is 1.78. The molecule has 0 aromatic rings. The Balaban J connectivity index is 0. The first-order valence-electron chi connectivity index (χ1n) is 3.40. The molecule has 9 heavy (non-hydrogen) atoms. The van der Waals surface area contributed by atoms with E-state index in [1.807, 2.05) is 6.92 Å². The van der Waals surface area contributed by atoms with Crippen LogP contribution in [0.3, 0.4) is 0 Å².